The van der Waals surface area contributed by atoms with Crippen molar-refractivity contribution >= 4 is 13.3 Å². The average Bonchev–Trinajstić information content (AvgIpc) is 2.02. The first-order valence-electron chi connectivity index (χ1n) is 3.05. The van der Waals surface area contributed by atoms with Gasteiger partial charge in [-0.2, -0.15) is 4.39 Å². The zero-order chi connectivity index (χ0) is 9.30. The lowest BCUT2D eigenvalue weighted by molar-refractivity contribution is 0.348. The van der Waals surface area contributed by atoms with Crippen LogP contribution in [0.2, 0.25) is 0 Å². The van der Waals surface area contributed by atoms with E-state index >= 15 is 0 Å². The third-order valence-corrected chi connectivity index (χ3v) is 1.35. The molecule has 1 aromatic carbocycles. The topological polar surface area (TPSA) is 9.23 Å². The summed E-state index contributed by atoms with van der Waals surface area (Å²) in [5.74, 6) is -4.49. The second kappa shape index (κ2) is 3.09. The van der Waals surface area contributed by atoms with Gasteiger partial charge in [-0.05, 0) is 0 Å². The Hall–Kier alpha value is -1.13. The van der Waals surface area contributed by atoms with Crippen LogP contribution in [0.1, 0.15) is 0 Å². The molecule has 1 nitrogen and oxygen atoms in total. The summed E-state index contributed by atoms with van der Waals surface area (Å²) in [4.78, 5) is 0. The van der Waals surface area contributed by atoms with E-state index in [4.69, 9.17) is 7.85 Å². The summed E-state index contributed by atoms with van der Waals surface area (Å²) in [5, 5.41) is 0. The van der Waals surface area contributed by atoms with E-state index in [1.165, 1.54) is 0 Å². The Morgan fingerprint density at radius 2 is 1.83 bits per heavy atom. The molecule has 3 radical (unpaired) electrons. The smallest absolute Gasteiger partial charge is 0.203 e. The van der Waals surface area contributed by atoms with Crippen molar-refractivity contribution in [2.75, 3.05) is 7.11 Å². The molecule has 0 aliphatic carbocycles. The predicted octanol–water partition coefficient (Wildman–Crippen LogP) is 0.906. The number of benzene rings is 1. The van der Waals surface area contributed by atoms with Crippen molar-refractivity contribution in [1.82, 2.24) is 0 Å². The van der Waals surface area contributed by atoms with Crippen LogP contribution in [0.5, 0.6) is 5.75 Å². The van der Waals surface area contributed by atoms with Gasteiger partial charge in [-0.25, -0.2) is 8.78 Å². The minimum atomic E-state index is -1.37. The largest absolute Gasteiger partial charge is 0.576 e. The van der Waals surface area contributed by atoms with Crippen molar-refractivity contribution in [1.29, 1.82) is 0 Å². The molecule has 0 unspecified atom stereocenters. The van der Waals surface area contributed by atoms with Gasteiger partial charge in [0, 0.05) is 0 Å². The van der Waals surface area contributed by atoms with Gasteiger partial charge in [0.1, 0.15) is 5.82 Å². The molecular formula is C7H4BF3O-. The third-order valence-electron chi connectivity index (χ3n) is 1.35. The van der Waals surface area contributed by atoms with Gasteiger partial charge in [0.2, 0.25) is 5.82 Å². The van der Waals surface area contributed by atoms with E-state index in [-0.39, 0.29) is 0 Å². The second-order valence-electron chi connectivity index (χ2n) is 2.11. The van der Waals surface area contributed by atoms with Crippen molar-refractivity contribution in [3.63, 3.8) is 0 Å². The molecule has 12 heavy (non-hydrogen) atoms. The van der Waals surface area contributed by atoms with Crippen LogP contribution in [-0.4, -0.2) is 15.0 Å². The molecule has 0 N–H and O–H groups in total. The van der Waals surface area contributed by atoms with Crippen molar-refractivity contribution in [2.24, 2.45) is 0 Å². The van der Waals surface area contributed by atoms with E-state index in [0.29, 0.717) is 6.07 Å². The van der Waals surface area contributed by atoms with Crippen molar-refractivity contribution in [2.45, 2.75) is 0 Å². The maximum Gasteiger partial charge on any atom is 0.203 e. The number of hydrogen-bond acceptors (Lipinski definition) is 1. The van der Waals surface area contributed by atoms with Gasteiger partial charge in [-0.3, -0.25) is 5.46 Å². The number of methoxy groups -OCH3 is 1. The summed E-state index contributed by atoms with van der Waals surface area (Å²) in [6.45, 7) is 0. The van der Waals surface area contributed by atoms with Crippen LogP contribution in [0, 0.1) is 17.5 Å². The highest BCUT2D eigenvalue weighted by Crippen LogP contribution is 2.21. The summed E-state index contributed by atoms with van der Waals surface area (Å²) in [6, 6.07) is 0.563. The van der Waals surface area contributed by atoms with Crippen molar-refractivity contribution in [3.05, 3.63) is 23.5 Å². The normalized spacial score (nSPS) is 10.1. The van der Waals surface area contributed by atoms with Gasteiger partial charge < -0.3 is 12.6 Å². The van der Waals surface area contributed by atoms with Crippen LogP contribution in [0.25, 0.3) is 0 Å². The lowest BCUT2D eigenvalue weighted by atomic mass is 9.95. The number of halogens is 3. The van der Waals surface area contributed by atoms with E-state index in [1.54, 1.807) is 0 Å². The van der Waals surface area contributed by atoms with Crippen LogP contribution in [0.15, 0.2) is 6.07 Å². The first kappa shape index (κ1) is 8.97. The Labute approximate surface area is 68.6 Å². The van der Waals surface area contributed by atoms with E-state index in [1.807, 2.05) is 0 Å². The predicted molar refractivity (Wildman–Crippen MR) is 38.3 cm³/mol. The molecule has 0 heterocycles. The first-order valence-corrected chi connectivity index (χ1v) is 3.05. The van der Waals surface area contributed by atoms with Crippen molar-refractivity contribution < 1.29 is 17.9 Å². The molecule has 1 rings (SSSR count). The Kier molecular flexibility index (Phi) is 2.31. The second-order valence-corrected chi connectivity index (χ2v) is 2.11. The molecule has 0 spiro atoms. The third kappa shape index (κ3) is 1.26. The van der Waals surface area contributed by atoms with Gasteiger partial charge in [0.15, 0.2) is 11.6 Å². The molecular weight excluding hydrogens is 168 g/mol. The van der Waals surface area contributed by atoms with Gasteiger partial charge in [0.05, 0.1) is 7.11 Å². The molecule has 0 bridgehead atoms. The quantitative estimate of drug-likeness (QED) is 0.451. The summed E-state index contributed by atoms with van der Waals surface area (Å²) in [6.07, 6.45) is 0. The fraction of sp³-hybridized carbons (Fsp3) is 0.143. The molecule has 0 aromatic heterocycles. The Balaban J connectivity index is 3.42. The lowest BCUT2D eigenvalue weighted by Gasteiger charge is -2.13. The van der Waals surface area contributed by atoms with Crippen LogP contribution < -0.4 is 10.2 Å². The SMILES string of the molecule is [B-]c1cc(F)c(F)c(OC)c1F. The first-order chi connectivity index (χ1) is 5.57. The van der Waals surface area contributed by atoms with Gasteiger partial charge >= 0.3 is 0 Å². The highest BCUT2D eigenvalue weighted by atomic mass is 19.2. The number of rotatable bonds is 1. The molecule has 0 amide bonds. The van der Waals surface area contributed by atoms with Crippen molar-refractivity contribution in [3.8, 4) is 5.75 Å². The Bertz CT molecular complexity index is 288. The van der Waals surface area contributed by atoms with Crippen LogP contribution in [0.4, 0.5) is 13.2 Å². The lowest BCUT2D eigenvalue weighted by Crippen LogP contribution is -2.13. The summed E-state index contributed by atoms with van der Waals surface area (Å²) >= 11 is 0. The average molecular weight is 172 g/mol. The van der Waals surface area contributed by atoms with E-state index in [9.17, 15) is 13.2 Å². The maximum absolute atomic E-state index is 12.8. The van der Waals surface area contributed by atoms with E-state index < -0.39 is 28.7 Å². The van der Waals surface area contributed by atoms with Crippen LogP contribution >= 0.6 is 0 Å². The highest BCUT2D eigenvalue weighted by molar-refractivity contribution is 6.32. The van der Waals surface area contributed by atoms with E-state index in [0.717, 1.165) is 7.11 Å². The summed E-state index contributed by atoms with van der Waals surface area (Å²) in [7, 11) is 6.03. The molecule has 0 saturated heterocycles. The number of ether oxygens (including phenoxy) is 1. The molecule has 1 aromatic rings. The van der Waals surface area contributed by atoms with Crippen LogP contribution in [-0.2, 0) is 0 Å². The standard InChI is InChI=1S/C7H4BF3O/c1-12-7-5(10)3(8)2-4(9)6(7)11/h2H,1H3/q-1. The molecule has 63 valence electrons. The molecule has 0 fully saturated rings. The Morgan fingerprint density at radius 1 is 1.25 bits per heavy atom. The summed E-state index contributed by atoms with van der Waals surface area (Å²) in [5.41, 5.74) is -0.481. The molecule has 0 aliphatic heterocycles. The monoisotopic (exact) mass is 172 g/mol. The maximum atomic E-state index is 12.8. The van der Waals surface area contributed by atoms with Gasteiger partial charge in [0.25, 0.3) is 0 Å². The molecule has 0 atom stereocenters. The minimum absolute atomic E-state index is 0.481. The van der Waals surface area contributed by atoms with E-state index in [2.05, 4.69) is 4.74 Å². The molecule has 0 saturated carbocycles. The fourth-order valence-corrected chi connectivity index (χ4v) is 0.778. The zero-order valence-electron chi connectivity index (χ0n) is 6.20. The highest BCUT2D eigenvalue weighted by Gasteiger charge is 2.12. The Morgan fingerprint density at radius 3 is 2.33 bits per heavy atom. The number of hydrogen-bond donors (Lipinski definition) is 0. The fourth-order valence-electron chi connectivity index (χ4n) is 0.778. The molecule has 0 aliphatic rings. The van der Waals surface area contributed by atoms with Gasteiger partial charge in [-0.15, -0.1) is 0 Å². The molecule has 5 heteroatoms. The van der Waals surface area contributed by atoms with Gasteiger partial charge in [-0.1, -0.05) is 6.07 Å². The minimum Gasteiger partial charge on any atom is -0.576 e. The zero-order valence-corrected chi connectivity index (χ0v) is 6.20. The van der Waals surface area contributed by atoms with Crippen LogP contribution in [0.3, 0.4) is 0 Å². The summed E-state index contributed by atoms with van der Waals surface area (Å²) < 4.78 is 42.2.